The average molecular weight is 279 g/mol. The minimum atomic E-state index is 0.562. The fourth-order valence-corrected chi connectivity index (χ4v) is 2.67. The second-order valence-electron chi connectivity index (χ2n) is 3.87. The van der Waals surface area contributed by atoms with Crippen LogP contribution in [0.3, 0.4) is 0 Å². The van der Waals surface area contributed by atoms with Crippen molar-refractivity contribution in [3.8, 4) is 0 Å². The van der Waals surface area contributed by atoms with E-state index in [-0.39, 0.29) is 0 Å². The van der Waals surface area contributed by atoms with Gasteiger partial charge in [0.1, 0.15) is 11.3 Å². The van der Waals surface area contributed by atoms with Crippen molar-refractivity contribution < 1.29 is 0 Å². The van der Waals surface area contributed by atoms with Crippen molar-refractivity contribution in [2.75, 3.05) is 5.88 Å². The summed E-state index contributed by atoms with van der Waals surface area (Å²) in [6, 6.07) is 3.88. The van der Waals surface area contributed by atoms with Gasteiger partial charge in [-0.1, -0.05) is 0 Å². The number of alkyl halides is 1. The lowest BCUT2D eigenvalue weighted by Crippen LogP contribution is -2.05. The predicted molar refractivity (Wildman–Crippen MR) is 73.2 cm³/mol. The number of nitrogens with zero attached hydrogens (tertiary/aromatic N) is 4. The molecule has 0 saturated heterocycles. The number of aryl methyl sites for hydroxylation is 1. The average Bonchev–Trinajstić information content (AvgIpc) is 3.00. The molecule has 3 rings (SSSR count). The Morgan fingerprint density at radius 3 is 3.11 bits per heavy atom. The number of hydrogen-bond donors (Lipinski definition) is 0. The lowest BCUT2D eigenvalue weighted by atomic mass is 10.4. The topological polar surface area (TPSA) is 43.6 Å². The van der Waals surface area contributed by atoms with Crippen molar-refractivity contribution in [3.05, 3.63) is 40.7 Å². The second-order valence-corrected chi connectivity index (χ2v) is 5.22. The maximum absolute atomic E-state index is 5.83. The Bertz CT molecular complexity index is 647. The standard InChI is InChI=1S/C12H11ClN4S/c13-4-3-11-16-10-2-1-5-15-12(10)17(11)7-9-6-14-8-18-9/h1-2,5-6,8H,3-4,7H2. The molecule has 92 valence electrons. The zero-order valence-corrected chi connectivity index (χ0v) is 11.2. The van der Waals surface area contributed by atoms with E-state index in [0.717, 1.165) is 30.0 Å². The van der Waals surface area contributed by atoms with E-state index in [2.05, 4.69) is 19.5 Å². The lowest BCUT2D eigenvalue weighted by molar-refractivity contribution is 0.755. The minimum absolute atomic E-state index is 0.562. The number of hydrogen-bond acceptors (Lipinski definition) is 4. The van der Waals surface area contributed by atoms with Crippen LogP contribution in [0.25, 0.3) is 11.2 Å². The number of pyridine rings is 1. The van der Waals surface area contributed by atoms with Gasteiger partial charge in [0, 0.05) is 29.6 Å². The number of imidazole rings is 1. The van der Waals surface area contributed by atoms with Gasteiger partial charge >= 0.3 is 0 Å². The van der Waals surface area contributed by atoms with Gasteiger partial charge in [0.2, 0.25) is 0 Å². The van der Waals surface area contributed by atoms with Crippen LogP contribution in [0.2, 0.25) is 0 Å². The van der Waals surface area contributed by atoms with E-state index >= 15 is 0 Å². The molecule has 4 nitrogen and oxygen atoms in total. The summed E-state index contributed by atoms with van der Waals surface area (Å²) in [5.41, 5.74) is 3.66. The molecule has 0 amide bonds. The summed E-state index contributed by atoms with van der Waals surface area (Å²) in [6.45, 7) is 0.754. The van der Waals surface area contributed by atoms with Gasteiger partial charge in [-0.3, -0.25) is 4.98 Å². The maximum Gasteiger partial charge on any atom is 0.160 e. The van der Waals surface area contributed by atoms with Gasteiger partial charge in [-0.25, -0.2) is 9.97 Å². The molecule has 6 heteroatoms. The quantitative estimate of drug-likeness (QED) is 0.689. The van der Waals surface area contributed by atoms with Gasteiger partial charge in [0.25, 0.3) is 0 Å². The summed E-state index contributed by atoms with van der Waals surface area (Å²) in [4.78, 5) is 14.3. The molecule has 0 aliphatic rings. The molecule has 0 saturated carbocycles. The van der Waals surface area contributed by atoms with Crippen LogP contribution in [0, 0.1) is 0 Å². The first kappa shape index (κ1) is 11.6. The molecule has 0 atom stereocenters. The van der Waals surface area contributed by atoms with Crippen molar-refractivity contribution in [2.45, 2.75) is 13.0 Å². The predicted octanol–water partition coefficient (Wildman–Crippen LogP) is 2.72. The summed E-state index contributed by atoms with van der Waals surface area (Å²) in [5, 5.41) is 0. The lowest BCUT2D eigenvalue weighted by Gasteiger charge is -2.05. The minimum Gasteiger partial charge on any atom is -0.307 e. The highest BCUT2D eigenvalue weighted by molar-refractivity contribution is 7.09. The van der Waals surface area contributed by atoms with E-state index in [0.29, 0.717) is 5.88 Å². The molecule has 0 aliphatic heterocycles. The Labute approximate surface area is 113 Å². The zero-order chi connectivity index (χ0) is 12.4. The van der Waals surface area contributed by atoms with Crippen molar-refractivity contribution in [1.29, 1.82) is 0 Å². The largest absolute Gasteiger partial charge is 0.307 e. The van der Waals surface area contributed by atoms with Gasteiger partial charge < -0.3 is 4.57 Å². The highest BCUT2D eigenvalue weighted by atomic mass is 35.5. The highest BCUT2D eigenvalue weighted by Gasteiger charge is 2.11. The van der Waals surface area contributed by atoms with Crippen LogP contribution in [0.4, 0.5) is 0 Å². The van der Waals surface area contributed by atoms with Gasteiger partial charge in [0.15, 0.2) is 5.65 Å². The van der Waals surface area contributed by atoms with E-state index in [1.807, 2.05) is 23.8 Å². The van der Waals surface area contributed by atoms with E-state index in [1.165, 1.54) is 4.88 Å². The van der Waals surface area contributed by atoms with Crippen LogP contribution in [-0.4, -0.2) is 25.4 Å². The molecule has 0 aliphatic carbocycles. The van der Waals surface area contributed by atoms with Crippen LogP contribution in [-0.2, 0) is 13.0 Å². The monoisotopic (exact) mass is 278 g/mol. The normalized spacial score (nSPS) is 11.2. The Morgan fingerprint density at radius 1 is 1.39 bits per heavy atom. The van der Waals surface area contributed by atoms with E-state index in [4.69, 9.17) is 11.6 Å². The third-order valence-corrected chi connectivity index (χ3v) is 3.65. The summed E-state index contributed by atoms with van der Waals surface area (Å²) >= 11 is 7.47. The molecule has 0 radical (unpaired) electrons. The first-order valence-electron chi connectivity index (χ1n) is 5.62. The van der Waals surface area contributed by atoms with Gasteiger partial charge in [-0.2, -0.15) is 0 Å². The number of thiazole rings is 1. The van der Waals surface area contributed by atoms with E-state index < -0.39 is 0 Å². The SMILES string of the molecule is ClCCc1nc2cccnc2n1Cc1cncs1. The highest BCUT2D eigenvalue weighted by Crippen LogP contribution is 2.18. The molecule has 3 aromatic rings. The van der Waals surface area contributed by atoms with Crippen LogP contribution >= 0.6 is 22.9 Å². The first-order valence-corrected chi connectivity index (χ1v) is 7.03. The maximum atomic E-state index is 5.83. The van der Waals surface area contributed by atoms with Gasteiger partial charge in [-0.15, -0.1) is 22.9 Å². The number of fused-ring (bicyclic) bond motifs is 1. The molecular weight excluding hydrogens is 268 g/mol. The molecule has 3 aromatic heterocycles. The number of halogens is 1. The van der Waals surface area contributed by atoms with E-state index in [1.54, 1.807) is 17.5 Å². The Morgan fingerprint density at radius 2 is 2.33 bits per heavy atom. The fraction of sp³-hybridized carbons (Fsp3) is 0.250. The van der Waals surface area contributed by atoms with Crippen LogP contribution in [0.15, 0.2) is 30.0 Å². The molecule has 0 aromatic carbocycles. The van der Waals surface area contributed by atoms with Crippen LogP contribution in [0.5, 0.6) is 0 Å². The smallest absolute Gasteiger partial charge is 0.160 e. The summed E-state index contributed by atoms with van der Waals surface area (Å²) in [5.74, 6) is 1.54. The Kier molecular flexibility index (Phi) is 3.25. The molecule has 0 spiro atoms. The molecule has 18 heavy (non-hydrogen) atoms. The third-order valence-electron chi connectivity index (χ3n) is 2.70. The summed E-state index contributed by atoms with van der Waals surface area (Å²) < 4.78 is 2.12. The van der Waals surface area contributed by atoms with Gasteiger partial charge in [-0.05, 0) is 12.1 Å². The summed E-state index contributed by atoms with van der Waals surface area (Å²) in [6.07, 6.45) is 4.41. The van der Waals surface area contributed by atoms with Crippen LogP contribution in [0.1, 0.15) is 10.7 Å². The molecule has 0 N–H and O–H groups in total. The van der Waals surface area contributed by atoms with Crippen molar-refractivity contribution in [2.24, 2.45) is 0 Å². The Hall–Kier alpha value is -1.46. The van der Waals surface area contributed by atoms with Crippen molar-refractivity contribution >= 4 is 34.1 Å². The van der Waals surface area contributed by atoms with Crippen LogP contribution < -0.4 is 0 Å². The molecule has 0 fully saturated rings. The van der Waals surface area contributed by atoms with Crippen molar-refractivity contribution in [1.82, 2.24) is 19.5 Å². The molecule has 0 unspecified atom stereocenters. The molecular formula is C12H11ClN4S. The number of aromatic nitrogens is 4. The van der Waals surface area contributed by atoms with E-state index in [9.17, 15) is 0 Å². The second kappa shape index (κ2) is 5.04. The van der Waals surface area contributed by atoms with Gasteiger partial charge in [0.05, 0.1) is 12.1 Å². The molecule has 0 bridgehead atoms. The number of rotatable bonds is 4. The summed E-state index contributed by atoms with van der Waals surface area (Å²) in [7, 11) is 0. The fourth-order valence-electron chi connectivity index (χ4n) is 1.92. The van der Waals surface area contributed by atoms with Crippen molar-refractivity contribution in [3.63, 3.8) is 0 Å². The zero-order valence-electron chi connectivity index (χ0n) is 9.58. The molecule has 3 heterocycles. The first-order chi connectivity index (χ1) is 8.88. The third kappa shape index (κ3) is 2.11. The Balaban J connectivity index is 2.09.